The highest BCUT2D eigenvalue weighted by atomic mass is 35.5. The highest BCUT2D eigenvalue weighted by Gasteiger charge is 2.24. The van der Waals surface area contributed by atoms with Gasteiger partial charge in [0, 0.05) is 42.8 Å². The van der Waals surface area contributed by atoms with E-state index in [0.29, 0.717) is 30.2 Å². The van der Waals surface area contributed by atoms with Gasteiger partial charge in [0.25, 0.3) is 15.9 Å². The van der Waals surface area contributed by atoms with Crippen molar-refractivity contribution in [2.45, 2.75) is 11.3 Å². The molecule has 31 heavy (non-hydrogen) atoms. The summed E-state index contributed by atoms with van der Waals surface area (Å²) in [5.41, 5.74) is 0.575. The molecule has 1 fully saturated rings. The van der Waals surface area contributed by atoms with E-state index in [1.54, 1.807) is 46.7 Å². The van der Waals surface area contributed by atoms with Crippen molar-refractivity contribution >= 4 is 49.7 Å². The second kappa shape index (κ2) is 9.25. The van der Waals surface area contributed by atoms with Crippen LogP contribution in [0.3, 0.4) is 0 Å². The van der Waals surface area contributed by atoms with Gasteiger partial charge in [0.1, 0.15) is 0 Å². The predicted octanol–water partition coefficient (Wildman–Crippen LogP) is 3.95. The van der Waals surface area contributed by atoms with Crippen LogP contribution in [0.2, 0.25) is 5.02 Å². The molecule has 3 aromatic rings. The lowest BCUT2D eigenvalue weighted by molar-refractivity contribution is 0.0768. The van der Waals surface area contributed by atoms with E-state index in [0.717, 1.165) is 18.1 Å². The van der Waals surface area contributed by atoms with Crippen molar-refractivity contribution in [1.82, 2.24) is 9.88 Å². The van der Waals surface area contributed by atoms with Crippen LogP contribution in [-0.4, -0.2) is 50.4 Å². The van der Waals surface area contributed by atoms with Gasteiger partial charge in [0.15, 0.2) is 5.13 Å². The van der Waals surface area contributed by atoms with Crippen LogP contribution >= 0.6 is 22.9 Å². The maximum atomic E-state index is 13.3. The maximum Gasteiger partial charge on any atom is 0.261 e. The van der Waals surface area contributed by atoms with Gasteiger partial charge in [-0.05, 0) is 42.8 Å². The lowest BCUT2D eigenvalue weighted by Crippen LogP contribution is -2.35. The Morgan fingerprint density at radius 3 is 2.55 bits per heavy atom. The predicted molar refractivity (Wildman–Crippen MR) is 124 cm³/mol. The molecule has 0 radical (unpaired) electrons. The molecular formula is C21H21ClN4O3S2. The third kappa shape index (κ3) is 5.00. The summed E-state index contributed by atoms with van der Waals surface area (Å²) in [6.45, 7) is 2.63. The lowest BCUT2D eigenvalue weighted by Gasteiger charge is -2.23. The number of carbonyl (C=O) groups excluding carboxylic acids is 1. The monoisotopic (exact) mass is 476 g/mol. The molecule has 0 atom stereocenters. The third-order valence-corrected chi connectivity index (χ3v) is 7.46. The molecule has 1 aliphatic heterocycles. The molecule has 2 aromatic carbocycles. The number of anilines is 2. The second-order valence-electron chi connectivity index (χ2n) is 7.05. The van der Waals surface area contributed by atoms with Crippen LogP contribution < -0.4 is 9.62 Å². The minimum atomic E-state index is -3.86. The number of nitrogens with zero attached hydrogens (tertiary/aromatic N) is 3. The van der Waals surface area contributed by atoms with E-state index in [2.05, 4.69) is 14.6 Å². The van der Waals surface area contributed by atoms with E-state index in [4.69, 9.17) is 11.6 Å². The topological polar surface area (TPSA) is 82.6 Å². The van der Waals surface area contributed by atoms with Crippen molar-refractivity contribution < 1.29 is 13.2 Å². The van der Waals surface area contributed by atoms with E-state index in [-0.39, 0.29) is 16.5 Å². The fourth-order valence-electron chi connectivity index (χ4n) is 3.43. The summed E-state index contributed by atoms with van der Waals surface area (Å²) in [5.74, 6) is -0.199. The lowest BCUT2D eigenvalue weighted by atomic mass is 10.1. The minimum absolute atomic E-state index is 0.0769. The smallest absolute Gasteiger partial charge is 0.261 e. The first-order valence-electron chi connectivity index (χ1n) is 9.75. The molecule has 2 heterocycles. The highest BCUT2D eigenvalue weighted by Crippen LogP contribution is 2.24. The van der Waals surface area contributed by atoms with Gasteiger partial charge < -0.3 is 9.80 Å². The summed E-state index contributed by atoms with van der Waals surface area (Å²) in [5, 5.41) is 3.33. The van der Waals surface area contributed by atoms with Gasteiger partial charge in [-0.25, -0.2) is 13.4 Å². The Morgan fingerprint density at radius 1 is 1.03 bits per heavy atom. The Bertz CT molecular complexity index is 1150. The first kappa shape index (κ1) is 21.6. The van der Waals surface area contributed by atoms with Gasteiger partial charge in [0.2, 0.25) is 0 Å². The van der Waals surface area contributed by atoms with Gasteiger partial charge >= 0.3 is 0 Å². The zero-order valence-electron chi connectivity index (χ0n) is 16.6. The molecule has 4 rings (SSSR count). The number of aromatic nitrogens is 1. The van der Waals surface area contributed by atoms with E-state index in [1.807, 2.05) is 5.38 Å². The first-order valence-corrected chi connectivity index (χ1v) is 12.5. The number of sulfonamides is 1. The molecule has 1 N–H and O–H groups in total. The fraction of sp³-hybridized carbons (Fsp3) is 0.238. The van der Waals surface area contributed by atoms with Crippen LogP contribution in [-0.2, 0) is 10.0 Å². The fourth-order valence-corrected chi connectivity index (χ4v) is 5.33. The molecule has 1 aromatic heterocycles. The van der Waals surface area contributed by atoms with E-state index < -0.39 is 10.0 Å². The molecule has 0 aliphatic carbocycles. The van der Waals surface area contributed by atoms with Crippen LogP contribution in [0.1, 0.15) is 16.8 Å². The van der Waals surface area contributed by atoms with Gasteiger partial charge in [-0.2, -0.15) is 0 Å². The van der Waals surface area contributed by atoms with Crippen molar-refractivity contribution in [1.29, 1.82) is 0 Å². The SMILES string of the molecule is O=C(c1ccccc1NS(=O)(=O)c1ccc(Cl)cc1)N1CCCN(c2nccs2)CC1. The normalized spacial score (nSPS) is 14.9. The third-order valence-electron chi connectivity index (χ3n) is 5.00. The quantitative estimate of drug-likeness (QED) is 0.603. The molecule has 0 saturated carbocycles. The maximum absolute atomic E-state index is 13.3. The summed E-state index contributed by atoms with van der Waals surface area (Å²) in [6.07, 6.45) is 2.58. The number of rotatable bonds is 5. The van der Waals surface area contributed by atoms with Crippen LogP contribution in [0.15, 0.2) is 65.0 Å². The number of carbonyl (C=O) groups is 1. The number of benzene rings is 2. The first-order chi connectivity index (χ1) is 14.9. The van der Waals surface area contributed by atoms with Gasteiger partial charge in [-0.1, -0.05) is 23.7 Å². The number of hydrogen-bond donors (Lipinski definition) is 1. The van der Waals surface area contributed by atoms with Crippen molar-refractivity contribution in [3.8, 4) is 0 Å². The molecular weight excluding hydrogens is 456 g/mol. The molecule has 0 spiro atoms. The Morgan fingerprint density at radius 2 is 1.81 bits per heavy atom. The van der Waals surface area contributed by atoms with Crippen molar-refractivity contribution in [2.75, 3.05) is 35.8 Å². The average Bonchev–Trinajstić information content (AvgIpc) is 3.18. The summed E-state index contributed by atoms with van der Waals surface area (Å²) < 4.78 is 28.2. The Labute approximate surface area is 190 Å². The summed E-state index contributed by atoms with van der Waals surface area (Å²) in [4.78, 5) is 21.6. The van der Waals surface area contributed by atoms with Crippen molar-refractivity contribution in [3.63, 3.8) is 0 Å². The minimum Gasteiger partial charge on any atom is -0.346 e. The Kier molecular flexibility index (Phi) is 6.45. The molecule has 7 nitrogen and oxygen atoms in total. The van der Waals surface area contributed by atoms with Gasteiger partial charge in [0.05, 0.1) is 16.1 Å². The zero-order chi connectivity index (χ0) is 21.8. The van der Waals surface area contributed by atoms with E-state index in [9.17, 15) is 13.2 Å². The number of thiazole rings is 1. The number of para-hydroxylation sites is 1. The number of hydrogen-bond acceptors (Lipinski definition) is 6. The van der Waals surface area contributed by atoms with Crippen LogP contribution in [0.5, 0.6) is 0 Å². The summed E-state index contributed by atoms with van der Waals surface area (Å²) in [6, 6.07) is 12.5. The highest BCUT2D eigenvalue weighted by molar-refractivity contribution is 7.92. The average molecular weight is 477 g/mol. The van der Waals surface area contributed by atoms with Crippen molar-refractivity contribution in [3.05, 3.63) is 70.7 Å². The summed E-state index contributed by atoms with van der Waals surface area (Å²) >= 11 is 7.44. The molecule has 162 valence electrons. The Balaban J connectivity index is 1.52. The summed E-state index contributed by atoms with van der Waals surface area (Å²) in [7, 11) is -3.86. The number of nitrogens with one attached hydrogen (secondary N) is 1. The van der Waals surface area contributed by atoms with Crippen LogP contribution in [0, 0.1) is 0 Å². The second-order valence-corrected chi connectivity index (χ2v) is 10.0. The van der Waals surface area contributed by atoms with Gasteiger partial charge in [-0.15, -0.1) is 11.3 Å². The molecule has 1 aliphatic rings. The van der Waals surface area contributed by atoms with Gasteiger partial charge in [-0.3, -0.25) is 9.52 Å². The van der Waals surface area contributed by atoms with Crippen molar-refractivity contribution in [2.24, 2.45) is 0 Å². The van der Waals surface area contributed by atoms with Crippen LogP contribution in [0.25, 0.3) is 0 Å². The molecule has 0 unspecified atom stereocenters. The largest absolute Gasteiger partial charge is 0.346 e. The zero-order valence-corrected chi connectivity index (χ0v) is 19.0. The standard InChI is InChI=1S/C21H21ClN4O3S2/c22-16-6-8-17(9-7-16)31(28,29)24-19-5-2-1-4-18(19)20(27)25-11-3-12-26(14-13-25)21-23-10-15-30-21/h1-2,4-10,15,24H,3,11-14H2. The number of amides is 1. The van der Waals surface area contributed by atoms with E-state index >= 15 is 0 Å². The molecule has 0 bridgehead atoms. The molecule has 1 amide bonds. The molecule has 1 saturated heterocycles. The van der Waals surface area contributed by atoms with E-state index in [1.165, 1.54) is 24.3 Å². The molecule has 10 heteroatoms. The van der Waals surface area contributed by atoms with Crippen LogP contribution in [0.4, 0.5) is 10.8 Å². The number of halogens is 1. The Hall–Kier alpha value is -2.62.